The van der Waals surface area contributed by atoms with Crippen LogP contribution in [0, 0.1) is 0 Å². The van der Waals surface area contributed by atoms with Gasteiger partial charge in [-0.2, -0.15) is 5.10 Å². The minimum Gasteiger partial charge on any atom is -0.461 e. The van der Waals surface area contributed by atoms with Crippen LogP contribution in [0.1, 0.15) is 22.5 Å². The summed E-state index contributed by atoms with van der Waals surface area (Å²) in [6.45, 7) is 0.295. The van der Waals surface area contributed by atoms with E-state index in [9.17, 15) is 4.79 Å². The second-order valence-corrected chi connectivity index (χ2v) is 6.20. The Balaban J connectivity index is 1.55. The molecule has 134 valence electrons. The van der Waals surface area contributed by atoms with Crippen LogP contribution in [0.15, 0.2) is 48.8 Å². The molecule has 1 N–H and O–H groups in total. The summed E-state index contributed by atoms with van der Waals surface area (Å²) in [7, 11) is 0. The van der Waals surface area contributed by atoms with Crippen LogP contribution < -0.4 is 4.74 Å². The number of ether oxygens (including phenoxy) is 2. The maximum absolute atomic E-state index is 12.1. The molecule has 0 saturated carbocycles. The Labute approximate surface area is 160 Å². The van der Waals surface area contributed by atoms with Crippen LogP contribution in [-0.2, 0) is 11.2 Å². The van der Waals surface area contributed by atoms with Gasteiger partial charge < -0.3 is 9.47 Å². The van der Waals surface area contributed by atoms with Crippen molar-refractivity contribution in [3.05, 3.63) is 70.1 Å². The van der Waals surface area contributed by atoms with Gasteiger partial charge in [-0.05, 0) is 36.6 Å². The Morgan fingerprint density at radius 3 is 2.81 bits per heavy atom. The third-order valence-electron chi connectivity index (χ3n) is 3.44. The number of hydrogen-bond donors (Lipinski definition) is 1. The monoisotopic (exact) mass is 391 g/mol. The lowest BCUT2D eigenvalue weighted by atomic mass is 10.2. The van der Waals surface area contributed by atoms with Crippen LogP contribution in [0.3, 0.4) is 0 Å². The van der Waals surface area contributed by atoms with Crippen molar-refractivity contribution >= 4 is 29.2 Å². The summed E-state index contributed by atoms with van der Waals surface area (Å²) in [6.07, 6.45) is 5.03. The van der Waals surface area contributed by atoms with Crippen molar-refractivity contribution in [3.63, 3.8) is 0 Å². The fraction of sp³-hybridized carbons (Fsp3) is 0.167. The summed E-state index contributed by atoms with van der Waals surface area (Å²) in [5.41, 5.74) is 1.24. The first-order valence-electron chi connectivity index (χ1n) is 7.86. The standard InChI is InChI=1S/C18H15Cl2N3O3/c19-14-7-6-13(9-15(14)20)26-17-5-1-4-16(23-17)18(24)25-8-2-3-12-10-21-22-11-12/h1,4-7,9-11H,2-3,8H2,(H,21,22). The van der Waals surface area contributed by atoms with E-state index in [0.29, 0.717) is 28.8 Å². The molecule has 8 heteroatoms. The first-order valence-corrected chi connectivity index (χ1v) is 8.62. The number of aryl methyl sites for hydroxylation is 1. The first-order chi connectivity index (χ1) is 12.6. The maximum atomic E-state index is 12.1. The molecule has 0 atom stereocenters. The van der Waals surface area contributed by atoms with Gasteiger partial charge in [0, 0.05) is 18.3 Å². The molecule has 0 spiro atoms. The lowest BCUT2D eigenvalue weighted by molar-refractivity contribution is 0.0493. The summed E-state index contributed by atoms with van der Waals surface area (Å²) in [5, 5.41) is 7.41. The molecule has 2 heterocycles. The lowest BCUT2D eigenvalue weighted by Gasteiger charge is -2.08. The van der Waals surface area contributed by atoms with Crippen molar-refractivity contribution in [3.8, 4) is 11.6 Å². The first kappa shape index (κ1) is 18.2. The highest BCUT2D eigenvalue weighted by atomic mass is 35.5. The van der Waals surface area contributed by atoms with E-state index >= 15 is 0 Å². The summed E-state index contributed by atoms with van der Waals surface area (Å²) in [6, 6.07) is 9.74. The molecular weight excluding hydrogens is 377 g/mol. The second-order valence-electron chi connectivity index (χ2n) is 5.39. The van der Waals surface area contributed by atoms with E-state index in [-0.39, 0.29) is 11.6 Å². The number of esters is 1. The molecule has 3 rings (SSSR count). The van der Waals surface area contributed by atoms with Gasteiger partial charge >= 0.3 is 5.97 Å². The third kappa shape index (κ3) is 4.97. The SMILES string of the molecule is O=C(OCCCc1cn[nH]c1)c1cccc(Oc2ccc(Cl)c(Cl)c2)n1. The fourth-order valence-electron chi connectivity index (χ4n) is 2.18. The summed E-state index contributed by atoms with van der Waals surface area (Å²) in [5.74, 6) is 0.227. The number of pyridine rings is 1. The van der Waals surface area contributed by atoms with Crippen LogP contribution in [0.5, 0.6) is 11.6 Å². The average Bonchev–Trinajstić information content (AvgIpc) is 3.15. The summed E-state index contributed by atoms with van der Waals surface area (Å²) in [4.78, 5) is 16.3. The summed E-state index contributed by atoms with van der Waals surface area (Å²) < 4.78 is 10.8. The number of hydrogen-bond acceptors (Lipinski definition) is 5. The number of H-pyrrole nitrogens is 1. The van der Waals surface area contributed by atoms with E-state index in [4.69, 9.17) is 32.7 Å². The van der Waals surface area contributed by atoms with Crippen molar-refractivity contribution in [1.82, 2.24) is 15.2 Å². The van der Waals surface area contributed by atoms with Crippen molar-refractivity contribution in [1.29, 1.82) is 0 Å². The number of benzene rings is 1. The molecule has 2 aromatic heterocycles. The van der Waals surface area contributed by atoms with Crippen molar-refractivity contribution in [2.75, 3.05) is 6.61 Å². The van der Waals surface area contributed by atoms with Gasteiger partial charge in [0.05, 0.1) is 22.8 Å². The average molecular weight is 392 g/mol. The highest BCUT2D eigenvalue weighted by Gasteiger charge is 2.11. The molecule has 6 nitrogen and oxygen atoms in total. The van der Waals surface area contributed by atoms with Gasteiger partial charge in [-0.25, -0.2) is 9.78 Å². The minimum atomic E-state index is -0.503. The van der Waals surface area contributed by atoms with Gasteiger partial charge in [0.25, 0.3) is 0 Å². The van der Waals surface area contributed by atoms with Crippen LogP contribution in [-0.4, -0.2) is 27.8 Å². The molecule has 0 aliphatic heterocycles. The minimum absolute atomic E-state index is 0.172. The molecule has 0 saturated heterocycles. The van der Waals surface area contributed by atoms with Gasteiger partial charge in [0.15, 0.2) is 5.69 Å². The van der Waals surface area contributed by atoms with Crippen molar-refractivity contribution in [2.45, 2.75) is 12.8 Å². The highest BCUT2D eigenvalue weighted by Crippen LogP contribution is 2.28. The van der Waals surface area contributed by atoms with Crippen LogP contribution in [0.2, 0.25) is 10.0 Å². The molecule has 0 amide bonds. The molecular formula is C18H15Cl2N3O3. The van der Waals surface area contributed by atoms with Gasteiger partial charge in [-0.3, -0.25) is 5.10 Å². The van der Waals surface area contributed by atoms with Crippen molar-refractivity contribution in [2.24, 2.45) is 0 Å². The molecule has 0 aliphatic rings. The smallest absolute Gasteiger partial charge is 0.357 e. The van der Waals surface area contributed by atoms with E-state index in [1.807, 2.05) is 6.20 Å². The van der Waals surface area contributed by atoms with Crippen LogP contribution in [0.25, 0.3) is 0 Å². The maximum Gasteiger partial charge on any atom is 0.357 e. The van der Waals surface area contributed by atoms with Gasteiger partial charge in [-0.1, -0.05) is 29.3 Å². The molecule has 0 aliphatic carbocycles. The Morgan fingerprint density at radius 1 is 1.15 bits per heavy atom. The highest BCUT2D eigenvalue weighted by molar-refractivity contribution is 6.42. The molecule has 0 radical (unpaired) electrons. The lowest BCUT2D eigenvalue weighted by Crippen LogP contribution is -2.09. The van der Waals surface area contributed by atoms with E-state index in [1.165, 1.54) is 0 Å². The zero-order valence-electron chi connectivity index (χ0n) is 13.6. The second kappa shape index (κ2) is 8.69. The quantitative estimate of drug-likeness (QED) is 0.466. The Kier molecular flexibility index (Phi) is 6.09. The van der Waals surface area contributed by atoms with Gasteiger partial charge in [0.1, 0.15) is 5.75 Å². The van der Waals surface area contributed by atoms with Gasteiger partial charge in [0.2, 0.25) is 5.88 Å². The number of carbonyl (C=O) groups is 1. The normalized spacial score (nSPS) is 10.5. The summed E-state index contributed by atoms with van der Waals surface area (Å²) >= 11 is 11.8. The van der Waals surface area contributed by atoms with Gasteiger partial charge in [-0.15, -0.1) is 0 Å². The van der Waals surface area contributed by atoms with Crippen molar-refractivity contribution < 1.29 is 14.3 Å². The van der Waals surface area contributed by atoms with E-state index < -0.39 is 5.97 Å². The third-order valence-corrected chi connectivity index (χ3v) is 4.18. The fourth-order valence-corrected chi connectivity index (χ4v) is 2.46. The predicted molar refractivity (Wildman–Crippen MR) is 98.0 cm³/mol. The number of nitrogens with one attached hydrogen (secondary N) is 1. The number of halogens is 2. The molecule has 0 fully saturated rings. The predicted octanol–water partition coefficient (Wildman–Crippen LogP) is 4.69. The number of rotatable bonds is 7. The molecule has 26 heavy (non-hydrogen) atoms. The Hall–Kier alpha value is -2.57. The topological polar surface area (TPSA) is 77.1 Å². The van der Waals surface area contributed by atoms with Crippen LogP contribution in [0.4, 0.5) is 0 Å². The zero-order valence-corrected chi connectivity index (χ0v) is 15.1. The largest absolute Gasteiger partial charge is 0.461 e. The van der Waals surface area contributed by atoms with E-state index in [2.05, 4.69) is 15.2 Å². The Morgan fingerprint density at radius 2 is 2.04 bits per heavy atom. The molecule has 0 unspecified atom stereocenters. The molecule has 1 aromatic carbocycles. The van der Waals surface area contributed by atoms with E-state index in [1.54, 1.807) is 42.6 Å². The zero-order chi connectivity index (χ0) is 18.4. The number of aromatic nitrogens is 3. The van der Waals surface area contributed by atoms with Crippen LogP contribution >= 0.6 is 23.2 Å². The van der Waals surface area contributed by atoms with E-state index in [0.717, 1.165) is 12.0 Å². The molecule has 0 bridgehead atoms. The molecule has 3 aromatic rings. The number of carbonyl (C=O) groups excluding carboxylic acids is 1. The number of aromatic amines is 1. The Bertz CT molecular complexity index is 885. The number of nitrogens with zero attached hydrogens (tertiary/aromatic N) is 2.